The summed E-state index contributed by atoms with van der Waals surface area (Å²) in [5, 5.41) is 0. The van der Waals surface area contributed by atoms with Crippen molar-refractivity contribution in [3.05, 3.63) is 84.5 Å². The highest BCUT2D eigenvalue weighted by Gasteiger charge is 2.33. The summed E-state index contributed by atoms with van der Waals surface area (Å²) < 4.78 is 24.3. The third-order valence-corrected chi connectivity index (χ3v) is 6.85. The predicted octanol–water partition coefficient (Wildman–Crippen LogP) is 3.99. The van der Waals surface area contributed by atoms with Crippen LogP contribution in [0.3, 0.4) is 0 Å². The highest BCUT2D eigenvalue weighted by molar-refractivity contribution is 7.07. The minimum Gasteiger partial charge on any atom is -0.493 e. The lowest BCUT2D eigenvalue weighted by molar-refractivity contribution is -0.139. The third kappa shape index (κ3) is 5.52. The molecule has 0 radical (unpaired) electrons. The van der Waals surface area contributed by atoms with Gasteiger partial charge < -0.3 is 18.9 Å². The Morgan fingerprint density at radius 1 is 1.11 bits per heavy atom. The Morgan fingerprint density at radius 2 is 1.84 bits per heavy atom. The van der Waals surface area contributed by atoms with Crippen LogP contribution < -0.4 is 29.1 Å². The first-order chi connectivity index (χ1) is 18.3. The zero-order valence-electron chi connectivity index (χ0n) is 22.4. The summed E-state index contributed by atoms with van der Waals surface area (Å²) in [5.41, 5.74) is 2.16. The smallest absolute Gasteiger partial charge is 0.338 e. The monoisotopic (exact) mass is 536 g/mol. The number of hydrogen-bond donors (Lipinski definition) is 0. The van der Waals surface area contributed by atoms with Gasteiger partial charge in [-0.3, -0.25) is 9.36 Å². The van der Waals surface area contributed by atoms with E-state index in [0.29, 0.717) is 44.5 Å². The first-order valence-electron chi connectivity index (χ1n) is 12.5. The molecule has 1 aliphatic rings. The standard InChI is InChI=1S/C29H32N2O6S/c1-7-35-23-15-19(9-14-22(23)34-6)16-24-27(32)31-26(20-10-12-21(13-11-20)37-17(3)4)25(28(33)36-8-2)18(5)30-29(31)38-24/h9-17,26H,7-8H2,1-6H3. The van der Waals surface area contributed by atoms with Crippen molar-refractivity contribution in [3.63, 3.8) is 0 Å². The number of benzene rings is 2. The van der Waals surface area contributed by atoms with E-state index in [1.54, 1.807) is 37.7 Å². The molecule has 0 spiro atoms. The van der Waals surface area contributed by atoms with E-state index in [9.17, 15) is 9.59 Å². The molecule has 0 fully saturated rings. The molecule has 8 nitrogen and oxygen atoms in total. The average molecular weight is 537 g/mol. The second kappa shape index (κ2) is 11.7. The van der Waals surface area contributed by atoms with Gasteiger partial charge in [0.1, 0.15) is 5.75 Å². The summed E-state index contributed by atoms with van der Waals surface area (Å²) in [6, 6.07) is 12.2. The summed E-state index contributed by atoms with van der Waals surface area (Å²) in [6.07, 6.45) is 1.82. The van der Waals surface area contributed by atoms with Gasteiger partial charge in [-0.25, -0.2) is 9.79 Å². The van der Waals surface area contributed by atoms with Gasteiger partial charge in [-0.15, -0.1) is 0 Å². The van der Waals surface area contributed by atoms with Crippen LogP contribution in [-0.4, -0.2) is 37.0 Å². The maximum atomic E-state index is 13.8. The number of ether oxygens (including phenoxy) is 4. The number of carbonyl (C=O) groups is 1. The molecular formula is C29H32N2O6S. The van der Waals surface area contributed by atoms with Gasteiger partial charge in [0.25, 0.3) is 5.56 Å². The number of carbonyl (C=O) groups excluding carboxylic acids is 1. The molecule has 1 unspecified atom stereocenters. The quantitative estimate of drug-likeness (QED) is 0.384. The maximum absolute atomic E-state index is 13.8. The van der Waals surface area contributed by atoms with Gasteiger partial charge in [0.2, 0.25) is 0 Å². The number of allylic oxidation sites excluding steroid dienone is 1. The number of fused-ring (bicyclic) bond motifs is 1. The predicted molar refractivity (Wildman–Crippen MR) is 147 cm³/mol. The molecule has 9 heteroatoms. The van der Waals surface area contributed by atoms with Gasteiger partial charge in [-0.1, -0.05) is 29.5 Å². The molecule has 200 valence electrons. The molecule has 2 aromatic carbocycles. The van der Waals surface area contributed by atoms with E-state index in [4.69, 9.17) is 18.9 Å². The molecule has 0 bridgehead atoms. The minimum atomic E-state index is -0.685. The van der Waals surface area contributed by atoms with Crippen molar-refractivity contribution >= 4 is 23.4 Å². The molecule has 0 saturated carbocycles. The van der Waals surface area contributed by atoms with Crippen LogP contribution in [0, 0.1) is 0 Å². The fourth-order valence-electron chi connectivity index (χ4n) is 4.31. The van der Waals surface area contributed by atoms with E-state index in [1.807, 2.05) is 57.2 Å². The molecule has 2 heterocycles. The molecule has 0 amide bonds. The van der Waals surface area contributed by atoms with Gasteiger partial charge in [-0.05, 0) is 76.1 Å². The zero-order chi connectivity index (χ0) is 27.4. The highest BCUT2D eigenvalue weighted by Crippen LogP contribution is 2.32. The van der Waals surface area contributed by atoms with Crippen LogP contribution in [0.15, 0.2) is 63.5 Å². The minimum absolute atomic E-state index is 0.0250. The van der Waals surface area contributed by atoms with Crippen LogP contribution in [0.25, 0.3) is 6.08 Å². The van der Waals surface area contributed by atoms with Crippen molar-refractivity contribution in [2.75, 3.05) is 20.3 Å². The fourth-order valence-corrected chi connectivity index (χ4v) is 5.36. The van der Waals surface area contributed by atoms with E-state index in [0.717, 1.165) is 11.1 Å². The molecule has 0 saturated heterocycles. The Labute approximate surface area is 225 Å². The van der Waals surface area contributed by atoms with Crippen molar-refractivity contribution in [3.8, 4) is 17.2 Å². The second-order valence-electron chi connectivity index (χ2n) is 8.88. The van der Waals surface area contributed by atoms with Crippen LogP contribution in [0.5, 0.6) is 17.2 Å². The van der Waals surface area contributed by atoms with Crippen LogP contribution in [0.2, 0.25) is 0 Å². The molecule has 3 aromatic rings. The Hall–Kier alpha value is -3.85. The first-order valence-corrected chi connectivity index (χ1v) is 13.4. The Kier molecular flexibility index (Phi) is 8.36. The number of aromatic nitrogens is 1. The molecule has 0 aliphatic carbocycles. The highest BCUT2D eigenvalue weighted by atomic mass is 32.1. The SMILES string of the molecule is CCOC(=O)C1=C(C)N=c2sc(=Cc3ccc(OC)c(OCC)c3)c(=O)n2C1c1ccc(OC(C)C)cc1. The van der Waals surface area contributed by atoms with Crippen molar-refractivity contribution in [1.82, 2.24) is 4.57 Å². The first kappa shape index (κ1) is 27.2. The largest absolute Gasteiger partial charge is 0.493 e. The lowest BCUT2D eigenvalue weighted by atomic mass is 9.96. The van der Waals surface area contributed by atoms with Gasteiger partial charge in [0, 0.05) is 0 Å². The molecule has 0 N–H and O–H groups in total. The molecule has 1 aliphatic heterocycles. The zero-order valence-corrected chi connectivity index (χ0v) is 23.3. The van der Waals surface area contributed by atoms with Crippen molar-refractivity contribution < 1.29 is 23.7 Å². The summed E-state index contributed by atoms with van der Waals surface area (Å²) >= 11 is 1.27. The van der Waals surface area contributed by atoms with Crippen molar-refractivity contribution in [2.24, 2.45) is 4.99 Å². The molecule has 1 aromatic heterocycles. The van der Waals surface area contributed by atoms with Crippen molar-refractivity contribution in [2.45, 2.75) is 46.8 Å². The van der Waals surface area contributed by atoms with Gasteiger partial charge >= 0.3 is 5.97 Å². The average Bonchev–Trinajstić information content (AvgIpc) is 3.18. The van der Waals surface area contributed by atoms with E-state index in [2.05, 4.69) is 4.99 Å². The summed E-state index contributed by atoms with van der Waals surface area (Å²) in [4.78, 5) is 32.0. The number of hydrogen-bond acceptors (Lipinski definition) is 8. The third-order valence-electron chi connectivity index (χ3n) is 5.87. The van der Waals surface area contributed by atoms with Gasteiger partial charge in [0.15, 0.2) is 16.3 Å². The lowest BCUT2D eigenvalue weighted by Gasteiger charge is -2.25. The number of rotatable bonds is 9. The van der Waals surface area contributed by atoms with E-state index in [-0.39, 0.29) is 18.3 Å². The molecule has 1 atom stereocenters. The van der Waals surface area contributed by atoms with Crippen LogP contribution in [0.1, 0.15) is 51.8 Å². The van der Waals surface area contributed by atoms with Crippen molar-refractivity contribution in [1.29, 1.82) is 0 Å². The number of nitrogens with zero attached hydrogens (tertiary/aromatic N) is 2. The van der Waals surface area contributed by atoms with E-state index >= 15 is 0 Å². The Morgan fingerprint density at radius 3 is 2.47 bits per heavy atom. The topological polar surface area (TPSA) is 88.4 Å². The van der Waals surface area contributed by atoms with Crippen LogP contribution in [-0.2, 0) is 9.53 Å². The number of esters is 1. The van der Waals surface area contributed by atoms with E-state index in [1.165, 1.54) is 11.3 Å². The summed E-state index contributed by atoms with van der Waals surface area (Å²) in [7, 11) is 1.58. The maximum Gasteiger partial charge on any atom is 0.338 e. The van der Waals surface area contributed by atoms with Crippen LogP contribution >= 0.6 is 11.3 Å². The fraction of sp³-hybridized carbons (Fsp3) is 0.345. The van der Waals surface area contributed by atoms with Gasteiger partial charge in [0.05, 0.1) is 48.3 Å². The number of thiazole rings is 1. The number of methoxy groups -OCH3 is 1. The summed E-state index contributed by atoms with van der Waals surface area (Å²) in [6.45, 7) is 10.0. The van der Waals surface area contributed by atoms with E-state index < -0.39 is 12.0 Å². The van der Waals surface area contributed by atoms with Crippen LogP contribution in [0.4, 0.5) is 0 Å². The Bertz CT molecular complexity index is 1530. The molecule has 4 rings (SSSR count). The second-order valence-corrected chi connectivity index (χ2v) is 9.89. The molecule has 38 heavy (non-hydrogen) atoms. The normalized spacial score (nSPS) is 15.2. The Balaban J connectivity index is 1.87. The summed E-state index contributed by atoms with van der Waals surface area (Å²) in [5.74, 6) is 1.43. The lowest BCUT2D eigenvalue weighted by Crippen LogP contribution is -2.39. The molecular weight excluding hydrogens is 504 g/mol. The van der Waals surface area contributed by atoms with Gasteiger partial charge in [-0.2, -0.15) is 0 Å².